The molecular formula is C32H28N2. The van der Waals surface area contributed by atoms with Gasteiger partial charge in [0.15, 0.2) is 0 Å². The smallest absolute Gasteiger partial charge is 0.0596 e. The number of nitrogens with zero attached hydrogens (tertiary/aromatic N) is 2. The lowest BCUT2D eigenvalue weighted by Gasteiger charge is -2.51. The van der Waals surface area contributed by atoms with Crippen molar-refractivity contribution in [1.29, 1.82) is 0 Å². The van der Waals surface area contributed by atoms with Gasteiger partial charge < -0.3 is 4.90 Å². The number of para-hydroxylation sites is 2. The Balaban J connectivity index is 1.54. The van der Waals surface area contributed by atoms with Crippen LogP contribution in [0.25, 0.3) is 22.3 Å². The van der Waals surface area contributed by atoms with E-state index in [0.29, 0.717) is 5.92 Å². The van der Waals surface area contributed by atoms with Crippen LogP contribution < -0.4 is 4.90 Å². The second-order valence-corrected chi connectivity index (χ2v) is 9.73. The van der Waals surface area contributed by atoms with E-state index in [1.807, 2.05) is 18.5 Å². The van der Waals surface area contributed by atoms with E-state index in [1.165, 1.54) is 33.6 Å². The third kappa shape index (κ3) is 3.30. The van der Waals surface area contributed by atoms with E-state index in [9.17, 15) is 0 Å². The number of benzene rings is 3. The molecule has 2 aliphatic rings. The number of anilines is 2. The molecule has 4 aromatic rings. The van der Waals surface area contributed by atoms with Gasteiger partial charge in [-0.25, -0.2) is 0 Å². The van der Waals surface area contributed by atoms with Crippen LogP contribution in [0.15, 0.2) is 122 Å². The first-order valence-electron chi connectivity index (χ1n) is 12.0. The average molecular weight is 441 g/mol. The highest BCUT2D eigenvalue weighted by molar-refractivity contribution is 5.86. The van der Waals surface area contributed by atoms with Gasteiger partial charge in [-0.15, -0.1) is 0 Å². The minimum atomic E-state index is 0.0498. The number of allylic oxidation sites excluding steroid dienone is 2. The molecular weight excluding hydrogens is 412 g/mol. The second kappa shape index (κ2) is 8.14. The lowest BCUT2D eigenvalue weighted by Crippen LogP contribution is -2.49. The molecule has 0 saturated carbocycles. The number of hydrogen-bond donors (Lipinski definition) is 0. The zero-order valence-electron chi connectivity index (χ0n) is 19.6. The molecule has 1 aromatic heterocycles. The summed E-state index contributed by atoms with van der Waals surface area (Å²) < 4.78 is 0. The average Bonchev–Trinajstić information content (AvgIpc) is 2.90. The third-order valence-electron chi connectivity index (χ3n) is 7.43. The molecule has 34 heavy (non-hydrogen) atoms. The van der Waals surface area contributed by atoms with Crippen LogP contribution >= 0.6 is 0 Å². The SMILES string of the molecule is CC1(C)c2ccccc2N(c2ccccc2-c2cccc(-c3cccnc3)c2)C2C=CC=CC21. The number of aromatic nitrogens is 1. The molecule has 2 heteroatoms. The molecule has 3 aromatic carbocycles. The van der Waals surface area contributed by atoms with Gasteiger partial charge in [-0.1, -0.05) is 98.8 Å². The molecule has 0 fully saturated rings. The van der Waals surface area contributed by atoms with Crippen LogP contribution in [0.1, 0.15) is 19.4 Å². The summed E-state index contributed by atoms with van der Waals surface area (Å²) in [6, 6.07) is 30.9. The highest BCUT2D eigenvalue weighted by atomic mass is 15.2. The molecule has 2 unspecified atom stereocenters. The van der Waals surface area contributed by atoms with Crippen LogP contribution in [-0.4, -0.2) is 11.0 Å². The van der Waals surface area contributed by atoms with Crippen LogP contribution in [0.3, 0.4) is 0 Å². The van der Waals surface area contributed by atoms with E-state index in [-0.39, 0.29) is 11.5 Å². The van der Waals surface area contributed by atoms with Gasteiger partial charge in [0.2, 0.25) is 0 Å². The Morgan fingerprint density at radius 1 is 0.706 bits per heavy atom. The molecule has 1 aliphatic carbocycles. The Hall–Kier alpha value is -3.91. The number of fused-ring (bicyclic) bond motifs is 2. The molecule has 2 heterocycles. The molecule has 0 N–H and O–H groups in total. The molecule has 0 saturated heterocycles. The van der Waals surface area contributed by atoms with Gasteiger partial charge in [0.25, 0.3) is 0 Å². The zero-order chi connectivity index (χ0) is 23.1. The molecule has 6 rings (SSSR count). The number of hydrogen-bond acceptors (Lipinski definition) is 2. The first kappa shape index (κ1) is 20.7. The van der Waals surface area contributed by atoms with Crippen molar-refractivity contribution in [2.45, 2.75) is 25.3 Å². The lowest BCUT2D eigenvalue weighted by atomic mass is 9.65. The van der Waals surface area contributed by atoms with E-state index >= 15 is 0 Å². The Kier molecular flexibility index (Phi) is 4.95. The maximum absolute atomic E-state index is 4.32. The molecule has 0 bridgehead atoms. The summed E-state index contributed by atoms with van der Waals surface area (Å²) in [6.45, 7) is 4.77. The number of pyridine rings is 1. The van der Waals surface area contributed by atoms with Crippen molar-refractivity contribution in [1.82, 2.24) is 4.98 Å². The van der Waals surface area contributed by atoms with Gasteiger partial charge >= 0.3 is 0 Å². The van der Waals surface area contributed by atoms with Gasteiger partial charge in [0.05, 0.1) is 6.04 Å². The van der Waals surface area contributed by atoms with Crippen LogP contribution in [0.4, 0.5) is 11.4 Å². The molecule has 0 spiro atoms. The van der Waals surface area contributed by atoms with Crippen molar-refractivity contribution in [3.8, 4) is 22.3 Å². The van der Waals surface area contributed by atoms with Gasteiger partial charge in [-0.3, -0.25) is 4.98 Å². The van der Waals surface area contributed by atoms with Crippen LogP contribution in [0.2, 0.25) is 0 Å². The lowest BCUT2D eigenvalue weighted by molar-refractivity contribution is 0.332. The van der Waals surface area contributed by atoms with Gasteiger partial charge in [-0.05, 0) is 41.0 Å². The fraction of sp³-hybridized carbons (Fsp3) is 0.156. The molecule has 2 atom stereocenters. The Labute approximate surface area is 201 Å². The van der Waals surface area contributed by atoms with Crippen molar-refractivity contribution >= 4 is 11.4 Å². The highest BCUT2D eigenvalue weighted by Gasteiger charge is 2.45. The minimum Gasteiger partial charge on any atom is -0.333 e. The normalized spacial score (nSPS) is 20.0. The minimum absolute atomic E-state index is 0.0498. The summed E-state index contributed by atoms with van der Waals surface area (Å²) in [5, 5.41) is 0. The van der Waals surface area contributed by atoms with Crippen molar-refractivity contribution < 1.29 is 0 Å². The van der Waals surface area contributed by atoms with Crippen molar-refractivity contribution in [3.63, 3.8) is 0 Å². The van der Waals surface area contributed by atoms with Gasteiger partial charge in [-0.2, -0.15) is 0 Å². The van der Waals surface area contributed by atoms with Crippen molar-refractivity contribution in [2.24, 2.45) is 5.92 Å². The van der Waals surface area contributed by atoms with E-state index < -0.39 is 0 Å². The zero-order valence-corrected chi connectivity index (χ0v) is 19.6. The highest BCUT2D eigenvalue weighted by Crippen LogP contribution is 2.52. The molecule has 1 aliphatic heterocycles. The standard InChI is InChI=1S/C32H28N2/c1-32(2)27-15-4-7-18-30(27)34(31-19-8-5-16-28(31)32)29-17-6-3-14-26(29)24-12-9-11-23(21-24)25-13-10-20-33-22-25/h3-22,27,30H,1-2H3. The summed E-state index contributed by atoms with van der Waals surface area (Å²) in [7, 11) is 0. The predicted molar refractivity (Wildman–Crippen MR) is 142 cm³/mol. The predicted octanol–water partition coefficient (Wildman–Crippen LogP) is 7.96. The Bertz CT molecular complexity index is 1400. The maximum Gasteiger partial charge on any atom is 0.0596 e. The quantitative estimate of drug-likeness (QED) is 0.321. The summed E-state index contributed by atoms with van der Waals surface area (Å²) in [4.78, 5) is 6.87. The van der Waals surface area contributed by atoms with E-state index in [4.69, 9.17) is 0 Å². The molecule has 0 radical (unpaired) electrons. The third-order valence-corrected chi connectivity index (χ3v) is 7.43. The second-order valence-electron chi connectivity index (χ2n) is 9.73. The van der Waals surface area contributed by atoms with Gasteiger partial charge in [0, 0.05) is 46.2 Å². The summed E-state index contributed by atoms with van der Waals surface area (Å²) >= 11 is 0. The fourth-order valence-corrected chi connectivity index (χ4v) is 5.70. The largest absolute Gasteiger partial charge is 0.333 e. The first-order chi connectivity index (χ1) is 16.6. The van der Waals surface area contributed by atoms with Crippen LogP contribution in [-0.2, 0) is 5.41 Å². The summed E-state index contributed by atoms with van der Waals surface area (Å²) in [5.74, 6) is 0.391. The first-order valence-corrected chi connectivity index (χ1v) is 12.0. The van der Waals surface area contributed by atoms with Crippen LogP contribution in [0, 0.1) is 5.92 Å². The summed E-state index contributed by atoms with van der Waals surface area (Å²) in [6.07, 6.45) is 12.9. The van der Waals surface area contributed by atoms with Gasteiger partial charge in [0.1, 0.15) is 0 Å². The monoisotopic (exact) mass is 440 g/mol. The fourth-order valence-electron chi connectivity index (χ4n) is 5.70. The topological polar surface area (TPSA) is 16.1 Å². The van der Waals surface area contributed by atoms with Crippen molar-refractivity contribution in [3.05, 3.63) is 127 Å². The molecule has 2 nitrogen and oxygen atoms in total. The molecule has 0 amide bonds. The van der Waals surface area contributed by atoms with Crippen LogP contribution in [0.5, 0.6) is 0 Å². The molecule has 166 valence electrons. The Morgan fingerprint density at radius 2 is 1.44 bits per heavy atom. The van der Waals surface area contributed by atoms with E-state index in [2.05, 4.69) is 127 Å². The van der Waals surface area contributed by atoms with Crippen molar-refractivity contribution in [2.75, 3.05) is 4.90 Å². The Morgan fingerprint density at radius 3 is 2.29 bits per heavy atom. The summed E-state index contributed by atoms with van der Waals surface area (Å²) in [5.41, 5.74) is 8.75. The maximum atomic E-state index is 4.32. The van der Waals surface area contributed by atoms with E-state index in [0.717, 1.165) is 5.56 Å². The number of rotatable bonds is 3. The van der Waals surface area contributed by atoms with E-state index in [1.54, 1.807) is 0 Å².